The predicted molar refractivity (Wildman–Crippen MR) is 86.1 cm³/mol. The van der Waals surface area contributed by atoms with Gasteiger partial charge in [0.15, 0.2) is 0 Å². The summed E-state index contributed by atoms with van der Waals surface area (Å²) in [4.78, 5) is 14.3. The average molecular weight is 319 g/mol. The van der Waals surface area contributed by atoms with Crippen LogP contribution in [-0.2, 0) is 6.42 Å². The average Bonchev–Trinajstić information content (AvgIpc) is 2.49. The van der Waals surface area contributed by atoms with Gasteiger partial charge >= 0.3 is 0 Å². The van der Waals surface area contributed by atoms with Crippen molar-refractivity contribution >= 4 is 28.8 Å². The van der Waals surface area contributed by atoms with Crippen molar-refractivity contribution in [1.29, 1.82) is 0 Å². The van der Waals surface area contributed by atoms with Crippen LogP contribution in [0.25, 0.3) is 0 Å². The number of aromatic nitrogens is 1. The third kappa shape index (κ3) is 2.82. The van der Waals surface area contributed by atoms with Crippen molar-refractivity contribution in [2.75, 3.05) is 11.1 Å². The molecule has 3 N–H and O–H groups in total. The summed E-state index contributed by atoms with van der Waals surface area (Å²) in [5.74, 6) is 0.460. The number of hydrogen-bond donors (Lipinski definition) is 2. The maximum Gasteiger partial charge on any atom is 0.289 e. The van der Waals surface area contributed by atoms with Gasteiger partial charge in [0, 0.05) is 11.8 Å². The van der Waals surface area contributed by atoms with Crippen LogP contribution in [0.1, 0.15) is 30.0 Å². The van der Waals surface area contributed by atoms with Gasteiger partial charge in [-0.3, -0.25) is 10.1 Å². The number of anilines is 2. The highest BCUT2D eigenvalue weighted by Gasteiger charge is 2.22. The zero-order chi connectivity index (χ0) is 15.7. The molecule has 1 aliphatic rings. The van der Waals surface area contributed by atoms with Crippen LogP contribution < -0.4 is 11.1 Å². The summed E-state index contributed by atoms with van der Waals surface area (Å²) in [5.41, 5.74) is 8.87. The molecule has 6 nitrogen and oxygen atoms in total. The highest BCUT2D eigenvalue weighted by molar-refractivity contribution is 6.33. The molecule has 2 aromatic rings. The van der Waals surface area contributed by atoms with Gasteiger partial charge in [-0.2, -0.15) is 0 Å². The van der Waals surface area contributed by atoms with Crippen molar-refractivity contribution in [2.24, 2.45) is 0 Å². The van der Waals surface area contributed by atoms with E-state index in [-0.39, 0.29) is 16.8 Å². The fraction of sp³-hybridized carbons (Fsp3) is 0.267. The number of nitrogens with two attached hydrogens (primary N) is 1. The van der Waals surface area contributed by atoms with Crippen LogP contribution >= 0.6 is 11.6 Å². The fourth-order valence-electron chi connectivity index (χ4n) is 2.78. The summed E-state index contributed by atoms with van der Waals surface area (Å²) in [6.45, 7) is 0. The first-order chi connectivity index (χ1) is 10.5. The summed E-state index contributed by atoms with van der Waals surface area (Å²) in [5, 5.41) is 14.3. The minimum Gasteiger partial charge on any atom is -0.399 e. The third-order valence-electron chi connectivity index (χ3n) is 3.83. The molecule has 0 radical (unpaired) electrons. The lowest BCUT2D eigenvalue weighted by Crippen LogP contribution is -2.18. The molecule has 1 aromatic carbocycles. The van der Waals surface area contributed by atoms with Gasteiger partial charge in [-0.1, -0.05) is 17.7 Å². The van der Waals surface area contributed by atoms with Gasteiger partial charge in [-0.25, -0.2) is 4.98 Å². The van der Waals surface area contributed by atoms with E-state index in [4.69, 9.17) is 17.3 Å². The summed E-state index contributed by atoms with van der Waals surface area (Å²) in [6, 6.07) is 7.28. The SMILES string of the molecule is Nc1ccc2c(c1)CCCC2Nc1ncc([N+](=O)[O-])cc1Cl. The van der Waals surface area contributed by atoms with Gasteiger partial charge in [0.1, 0.15) is 12.0 Å². The van der Waals surface area contributed by atoms with E-state index in [9.17, 15) is 10.1 Å². The molecule has 0 amide bonds. The number of nitrogens with one attached hydrogen (secondary N) is 1. The Morgan fingerprint density at radius 2 is 2.23 bits per heavy atom. The van der Waals surface area contributed by atoms with Crippen molar-refractivity contribution in [3.8, 4) is 0 Å². The van der Waals surface area contributed by atoms with E-state index in [2.05, 4.69) is 10.3 Å². The number of halogens is 1. The van der Waals surface area contributed by atoms with Crippen LogP contribution in [0.15, 0.2) is 30.5 Å². The molecule has 3 rings (SSSR count). The number of nitrogen functional groups attached to an aromatic ring is 1. The van der Waals surface area contributed by atoms with Crippen molar-refractivity contribution < 1.29 is 4.92 Å². The van der Waals surface area contributed by atoms with Crippen LogP contribution in [0, 0.1) is 10.1 Å². The number of aryl methyl sites for hydroxylation is 1. The van der Waals surface area contributed by atoms with Crippen LogP contribution in [-0.4, -0.2) is 9.91 Å². The van der Waals surface area contributed by atoms with E-state index in [0.29, 0.717) is 5.82 Å². The lowest BCUT2D eigenvalue weighted by Gasteiger charge is -2.27. The molecule has 0 aliphatic heterocycles. The largest absolute Gasteiger partial charge is 0.399 e. The number of hydrogen-bond acceptors (Lipinski definition) is 5. The molecular weight excluding hydrogens is 304 g/mol. The second-order valence-corrected chi connectivity index (χ2v) is 5.74. The second-order valence-electron chi connectivity index (χ2n) is 5.33. The Kier molecular flexibility index (Phi) is 3.85. The normalized spacial score (nSPS) is 16.9. The first-order valence-electron chi connectivity index (χ1n) is 6.99. The molecule has 7 heteroatoms. The minimum absolute atomic E-state index is 0.0795. The van der Waals surface area contributed by atoms with Gasteiger partial charge in [0.05, 0.1) is 16.0 Å². The predicted octanol–water partition coefficient (Wildman–Crippen LogP) is 3.71. The third-order valence-corrected chi connectivity index (χ3v) is 4.12. The molecule has 0 saturated heterocycles. The van der Waals surface area contributed by atoms with Gasteiger partial charge < -0.3 is 11.1 Å². The Hall–Kier alpha value is -2.34. The summed E-state index contributed by atoms with van der Waals surface area (Å²) in [7, 11) is 0. The van der Waals surface area contributed by atoms with Gasteiger partial charge in [0.2, 0.25) is 0 Å². The summed E-state index contributed by atoms with van der Waals surface area (Å²) >= 11 is 6.10. The Labute approximate surface area is 132 Å². The van der Waals surface area contributed by atoms with E-state index >= 15 is 0 Å². The van der Waals surface area contributed by atoms with Gasteiger partial charge in [0.25, 0.3) is 5.69 Å². The first kappa shape index (κ1) is 14.6. The minimum atomic E-state index is -0.513. The van der Waals surface area contributed by atoms with E-state index in [0.717, 1.165) is 24.9 Å². The van der Waals surface area contributed by atoms with E-state index < -0.39 is 4.92 Å². The molecule has 1 atom stereocenters. The Morgan fingerprint density at radius 3 is 2.95 bits per heavy atom. The number of rotatable bonds is 3. The molecule has 0 spiro atoms. The maximum absolute atomic E-state index is 10.7. The number of nitrogens with zero attached hydrogens (tertiary/aromatic N) is 2. The topological polar surface area (TPSA) is 94.1 Å². The highest BCUT2D eigenvalue weighted by atomic mass is 35.5. The van der Waals surface area contributed by atoms with Crippen molar-refractivity contribution in [1.82, 2.24) is 4.98 Å². The monoisotopic (exact) mass is 318 g/mol. The number of nitro groups is 1. The zero-order valence-corrected chi connectivity index (χ0v) is 12.5. The number of fused-ring (bicyclic) bond motifs is 1. The van der Waals surface area contributed by atoms with E-state index in [1.165, 1.54) is 23.4 Å². The van der Waals surface area contributed by atoms with Crippen LogP contribution in [0.5, 0.6) is 0 Å². The molecular formula is C15H15ClN4O2. The van der Waals surface area contributed by atoms with Gasteiger partial charge in [-0.05, 0) is 42.5 Å². The van der Waals surface area contributed by atoms with Crippen LogP contribution in [0.3, 0.4) is 0 Å². The molecule has 1 aromatic heterocycles. The van der Waals surface area contributed by atoms with Crippen molar-refractivity contribution in [3.63, 3.8) is 0 Å². The second kappa shape index (κ2) is 5.81. The number of benzene rings is 1. The van der Waals surface area contributed by atoms with Crippen LogP contribution in [0.4, 0.5) is 17.2 Å². The Morgan fingerprint density at radius 1 is 1.41 bits per heavy atom. The molecule has 0 fully saturated rings. The fourth-order valence-corrected chi connectivity index (χ4v) is 3.00. The maximum atomic E-state index is 10.7. The molecule has 1 unspecified atom stereocenters. The molecule has 22 heavy (non-hydrogen) atoms. The Balaban J connectivity index is 1.87. The summed E-state index contributed by atoms with van der Waals surface area (Å²) in [6.07, 6.45) is 4.20. The highest BCUT2D eigenvalue weighted by Crippen LogP contribution is 2.35. The zero-order valence-electron chi connectivity index (χ0n) is 11.8. The van der Waals surface area contributed by atoms with E-state index in [1.54, 1.807) is 0 Å². The van der Waals surface area contributed by atoms with E-state index in [1.807, 2.05) is 18.2 Å². The van der Waals surface area contributed by atoms with Crippen molar-refractivity contribution in [3.05, 3.63) is 56.7 Å². The standard InChI is InChI=1S/C15H15ClN4O2/c16-13-7-11(20(21)22)8-18-15(13)19-14-3-1-2-9-6-10(17)4-5-12(9)14/h4-8,14H,1-3,17H2,(H,18,19). The molecule has 1 heterocycles. The smallest absolute Gasteiger partial charge is 0.289 e. The lowest BCUT2D eigenvalue weighted by atomic mass is 9.87. The van der Waals surface area contributed by atoms with Gasteiger partial charge in [-0.15, -0.1) is 0 Å². The molecule has 1 aliphatic carbocycles. The number of pyridine rings is 1. The van der Waals surface area contributed by atoms with Crippen molar-refractivity contribution in [2.45, 2.75) is 25.3 Å². The molecule has 114 valence electrons. The molecule has 0 bridgehead atoms. The lowest BCUT2D eigenvalue weighted by molar-refractivity contribution is -0.385. The quantitative estimate of drug-likeness (QED) is 0.511. The first-order valence-corrected chi connectivity index (χ1v) is 7.37. The van der Waals surface area contributed by atoms with Crippen LogP contribution in [0.2, 0.25) is 5.02 Å². The molecule has 0 saturated carbocycles. The Bertz CT molecular complexity index is 735. The summed E-state index contributed by atoms with van der Waals surface area (Å²) < 4.78 is 0.